The van der Waals surface area contributed by atoms with Crippen molar-refractivity contribution in [1.82, 2.24) is 24.7 Å². The highest BCUT2D eigenvalue weighted by Crippen LogP contribution is 2.49. The lowest BCUT2D eigenvalue weighted by Gasteiger charge is -2.51. The van der Waals surface area contributed by atoms with Gasteiger partial charge in [-0.15, -0.1) is 0 Å². The maximum atomic E-state index is 13.7. The van der Waals surface area contributed by atoms with E-state index in [9.17, 15) is 14.7 Å². The number of benzene rings is 1. The number of carbonyl (C=O) groups excluding carboxylic acids is 2. The van der Waals surface area contributed by atoms with E-state index in [4.69, 9.17) is 0 Å². The van der Waals surface area contributed by atoms with Gasteiger partial charge in [0.15, 0.2) is 11.5 Å². The van der Waals surface area contributed by atoms with E-state index in [0.29, 0.717) is 18.2 Å². The van der Waals surface area contributed by atoms with Crippen LogP contribution in [0.3, 0.4) is 0 Å². The van der Waals surface area contributed by atoms with Gasteiger partial charge < -0.3 is 14.9 Å². The van der Waals surface area contributed by atoms with Crippen molar-refractivity contribution >= 4 is 11.8 Å². The quantitative estimate of drug-likeness (QED) is 0.607. The molecule has 0 radical (unpaired) electrons. The topological polar surface area (TPSA) is 89.9 Å². The smallest absolute Gasteiger partial charge is 0.321 e. The maximum Gasteiger partial charge on any atom is 0.321 e. The minimum atomic E-state index is -0.238. The SMILES string of the molecule is CN(C)C1(c2ccccc2)CCC2(CC1)CN(CC(=O)Cc1ncncc1O)C(=O)N2CC1CCC1. The second-order valence-corrected chi connectivity index (χ2v) is 11.1. The van der Waals surface area contributed by atoms with Crippen molar-refractivity contribution in [1.29, 1.82) is 0 Å². The summed E-state index contributed by atoms with van der Waals surface area (Å²) in [5.74, 6) is 0.352. The van der Waals surface area contributed by atoms with Crippen LogP contribution in [0.25, 0.3) is 0 Å². The summed E-state index contributed by atoms with van der Waals surface area (Å²) in [6.07, 6.45) is 9.96. The number of urea groups is 1. The predicted octanol–water partition coefficient (Wildman–Crippen LogP) is 3.60. The summed E-state index contributed by atoms with van der Waals surface area (Å²) in [4.78, 5) is 40.6. The summed E-state index contributed by atoms with van der Waals surface area (Å²) in [5, 5.41) is 9.96. The van der Waals surface area contributed by atoms with E-state index in [0.717, 1.165) is 32.2 Å². The molecule has 1 spiro atoms. The molecule has 2 amide bonds. The number of hydrogen-bond acceptors (Lipinski definition) is 6. The van der Waals surface area contributed by atoms with Crippen LogP contribution < -0.4 is 0 Å². The van der Waals surface area contributed by atoms with Crippen LogP contribution in [0, 0.1) is 5.92 Å². The Kier molecular flexibility index (Phi) is 6.72. The molecule has 1 aromatic carbocycles. The number of ketones is 1. The van der Waals surface area contributed by atoms with Crippen molar-refractivity contribution in [3.8, 4) is 5.75 Å². The summed E-state index contributed by atoms with van der Waals surface area (Å²) >= 11 is 0. The number of aromatic hydroxyl groups is 1. The van der Waals surface area contributed by atoms with Crippen molar-refractivity contribution in [2.24, 2.45) is 5.92 Å². The van der Waals surface area contributed by atoms with Gasteiger partial charge in [-0.2, -0.15) is 0 Å². The summed E-state index contributed by atoms with van der Waals surface area (Å²) in [7, 11) is 4.31. The molecular weight excluding hydrogens is 454 g/mol. The zero-order valence-electron chi connectivity index (χ0n) is 21.4. The molecular formula is C28H37N5O3. The van der Waals surface area contributed by atoms with E-state index in [1.54, 1.807) is 4.90 Å². The molecule has 5 rings (SSSR count). The fourth-order valence-corrected chi connectivity index (χ4v) is 6.45. The van der Waals surface area contributed by atoms with Crippen molar-refractivity contribution in [2.75, 3.05) is 33.7 Å². The molecule has 1 saturated heterocycles. The van der Waals surface area contributed by atoms with Crippen LogP contribution in [-0.2, 0) is 16.8 Å². The number of nitrogens with zero attached hydrogens (tertiary/aromatic N) is 5. The molecule has 8 heteroatoms. The van der Waals surface area contributed by atoms with E-state index >= 15 is 0 Å². The molecule has 3 aliphatic rings. The van der Waals surface area contributed by atoms with Crippen LogP contribution in [0.1, 0.15) is 56.2 Å². The minimum Gasteiger partial charge on any atom is -0.504 e. The second-order valence-electron chi connectivity index (χ2n) is 11.1. The molecule has 1 aromatic heterocycles. The first-order valence-corrected chi connectivity index (χ1v) is 13.1. The van der Waals surface area contributed by atoms with Gasteiger partial charge in [0.25, 0.3) is 0 Å². The van der Waals surface area contributed by atoms with Gasteiger partial charge in [-0.1, -0.05) is 36.8 Å². The lowest BCUT2D eigenvalue weighted by atomic mass is 9.68. The number of hydrogen-bond donors (Lipinski definition) is 1. The minimum absolute atomic E-state index is 0.00843. The largest absolute Gasteiger partial charge is 0.504 e. The van der Waals surface area contributed by atoms with Crippen LogP contribution in [0.15, 0.2) is 42.9 Å². The standard InChI is InChI=1S/C28H37N5O3/c1-31(2)28(22-9-4-3-5-10-22)13-11-27(12-14-28)19-32(26(36)33(27)17-21-7-6-8-21)18-23(34)15-24-25(35)16-29-20-30-24/h3-5,9-10,16,20-21,35H,6-8,11-15,17-19H2,1-2H3. The molecule has 3 fully saturated rings. The molecule has 2 saturated carbocycles. The average Bonchev–Trinajstić information content (AvgIpc) is 3.08. The highest BCUT2D eigenvalue weighted by atomic mass is 16.3. The maximum absolute atomic E-state index is 13.7. The zero-order chi connectivity index (χ0) is 25.3. The number of amides is 2. The van der Waals surface area contributed by atoms with Crippen LogP contribution in [0.4, 0.5) is 4.79 Å². The second kappa shape index (κ2) is 9.81. The Balaban J connectivity index is 1.35. The molecule has 0 bridgehead atoms. The van der Waals surface area contributed by atoms with Crippen molar-refractivity contribution in [2.45, 2.75) is 62.4 Å². The summed E-state index contributed by atoms with van der Waals surface area (Å²) < 4.78 is 0. The highest BCUT2D eigenvalue weighted by molar-refractivity contribution is 5.88. The highest BCUT2D eigenvalue weighted by Gasteiger charge is 2.55. The number of Topliss-reactive ketones (excluding diaryl/α,β-unsaturated/α-hetero) is 1. The normalized spacial score (nSPS) is 26.6. The summed E-state index contributed by atoms with van der Waals surface area (Å²) in [6.45, 7) is 1.41. The number of rotatable bonds is 8. The van der Waals surface area contributed by atoms with Crippen LogP contribution in [0.2, 0.25) is 0 Å². The number of carbonyl (C=O) groups is 2. The van der Waals surface area contributed by atoms with Gasteiger partial charge in [-0.05, 0) is 64.1 Å². The van der Waals surface area contributed by atoms with Gasteiger partial charge in [-0.3, -0.25) is 9.69 Å². The molecule has 0 unspecified atom stereocenters. The number of aromatic nitrogens is 2. The summed E-state index contributed by atoms with van der Waals surface area (Å²) in [6, 6.07) is 10.7. The first-order chi connectivity index (χ1) is 17.3. The fraction of sp³-hybridized carbons (Fsp3) is 0.571. The van der Waals surface area contributed by atoms with E-state index in [1.165, 1.54) is 37.4 Å². The molecule has 1 N–H and O–H groups in total. The third-order valence-corrected chi connectivity index (χ3v) is 8.90. The van der Waals surface area contributed by atoms with Crippen molar-refractivity contribution < 1.29 is 14.7 Å². The van der Waals surface area contributed by atoms with Gasteiger partial charge in [-0.25, -0.2) is 14.8 Å². The van der Waals surface area contributed by atoms with Gasteiger partial charge in [0.05, 0.1) is 30.4 Å². The third-order valence-electron chi connectivity index (χ3n) is 8.90. The van der Waals surface area contributed by atoms with E-state index in [2.05, 4.69) is 64.2 Å². The van der Waals surface area contributed by atoms with Gasteiger partial charge >= 0.3 is 6.03 Å². The van der Waals surface area contributed by atoms with Crippen LogP contribution in [-0.4, -0.2) is 80.9 Å². The average molecular weight is 492 g/mol. The first kappa shape index (κ1) is 24.7. The van der Waals surface area contributed by atoms with E-state index < -0.39 is 0 Å². The predicted molar refractivity (Wildman–Crippen MR) is 136 cm³/mol. The Morgan fingerprint density at radius 3 is 2.47 bits per heavy atom. The zero-order valence-corrected chi connectivity index (χ0v) is 21.4. The molecule has 2 aliphatic carbocycles. The molecule has 2 heterocycles. The Labute approximate surface area is 213 Å². The van der Waals surface area contributed by atoms with E-state index in [1.807, 2.05) is 0 Å². The third kappa shape index (κ3) is 4.47. The molecule has 8 nitrogen and oxygen atoms in total. The Morgan fingerprint density at radius 2 is 1.86 bits per heavy atom. The Morgan fingerprint density at radius 1 is 1.14 bits per heavy atom. The molecule has 0 atom stereocenters. The lowest BCUT2D eigenvalue weighted by Crippen LogP contribution is -2.56. The molecule has 36 heavy (non-hydrogen) atoms. The molecule has 1 aliphatic heterocycles. The van der Waals surface area contributed by atoms with Gasteiger partial charge in [0.2, 0.25) is 0 Å². The Hall–Kier alpha value is -3.00. The summed E-state index contributed by atoms with van der Waals surface area (Å²) in [5.41, 5.74) is 1.35. The van der Waals surface area contributed by atoms with E-state index in [-0.39, 0.29) is 41.6 Å². The fourth-order valence-electron chi connectivity index (χ4n) is 6.45. The lowest BCUT2D eigenvalue weighted by molar-refractivity contribution is -0.119. The first-order valence-electron chi connectivity index (χ1n) is 13.1. The van der Waals surface area contributed by atoms with Crippen LogP contribution in [0.5, 0.6) is 5.75 Å². The molecule has 192 valence electrons. The van der Waals surface area contributed by atoms with Gasteiger partial charge in [0, 0.05) is 18.6 Å². The van der Waals surface area contributed by atoms with Crippen molar-refractivity contribution in [3.63, 3.8) is 0 Å². The van der Waals surface area contributed by atoms with Crippen LogP contribution >= 0.6 is 0 Å². The molecule has 2 aromatic rings. The Bertz CT molecular complexity index is 1090. The van der Waals surface area contributed by atoms with Crippen molar-refractivity contribution in [3.05, 3.63) is 54.1 Å². The van der Waals surface area contributed by atoms with Gasteiger partial charge in [0.1, 0.15) is 6.33 Å². The monoisotopic (exact) mass is 491 g/mol.